The normalized spacial score (nSPS) is 15.9. The molecule has 0 radical (unpaired) electrons. The van der Waals surface area contributed by atoms with E-state index in [0.717, 1.165) is 33.4 Å². The number of thiazole rings is 1. The van der Waals surface area contributed by atoms with Crippen LogP contribution in [0, 0.1) is 0 Å². The van der Waals surface area contributed by atoms with E-state index in [1.807, 2.05) is 152 Å². The number of aromatic nitrogens is 1. The van der Waals surface area contributed by atoms with E-state index < -0.39 is 52.9 Å². The van der Waals surface area contributed by atoms with Gasteiger partial charge in [-0.1, -0.05) is 176 Å². The first kappa shape index (κ1) is 50.2. The van der Waals surface area contributed by atoms with Crippen LogP contribution in [0.5, 0.6) is 5.75 Å². The van der Waals surface area contributed by atoms with E-state index >= 15 is 0 Å². The zero-order chi connectivity index (χ0) is 50.7. The number of anilines is 1. The summed E-state index contributed by atoms with van der Waals surface area (Å²) in [6, 6.07) is 54.6. The second-order valence-electron chi connectivity index (χ2n) is 17.0. The van der Waals surface area contributed by atoms with Gasteiger partial charge in [0.15, 0.2) is 16.9 Å². The molecule has 2 amide bonds. The van der Waals surface area contributed by atoms with Crippen LogP contribution >= 0.6 is 34.7 Å². The van der Waals surface area contributed by atoms with E-state index in [1.165, 1.54) is 28.0 Å². The topological polar surface area (TPSA) is 158 Å². The number of oxime groups is 1. The summed E-state index contributed by atoms with van der Waals surface area (Å²) in [5, 5.41) is 12.4. The highest BCUT2D eigenvalue weighted by Gasteiger charge is 2.55. The summed E-state index contributed by atoms with van der Waals surface area (Å²) in [6.07, 6.45) is -1.88. The lowest BCUT2D eigenvalue weighted by atomic mass is 9.77. The quantitative estimate of drug-likeness (QED) is 0.0187. The lowest BCUT2D eigenvalue weighted by Crippen LogP contribution is -2.71. The molecule has 6 aromatic carbocycles. The monoisotopic (exact) mass is 1030 g/mol. The fourth-order valence-electron chi connectivity index (χ4n) is 8.69. The zero-order valence-electron chi connectivity index (χ0n) is 39.8. The van der Waals surface area contributed by atoms with E-state index in [4.69, 9.17) is 35.6 Å². The van der Waals surface area contributed by atoms with Gasteiger partial charge in [0.25, 0.3) is 11.8 Å². The number of hydrogen-bond donors (Lipinski definition) is 2. The Morgan fingerprint density at radius 2 is 1.34 bits per heavy atom. The summed E-state index contributed by atoms with van der Waals surface area (Å²) in [5.74, 6) is -1.83. The number of amides is 2. The number of rotatable bonds is 20. The molecule has 7 aromatic rings. The number of halogens is 1. The van der Waals surface area contributed by atoms with E-state index in [9.17, 15) is 19.2 Å². The van der Waals surface area contributed by atoms with Gasteiger partial charge in [0, 0.05) is 17.0 Å². The Bertz CT molecular complexity index is 2960. The zero-order valence-corrected chi connectivity index (χ0v) is 42.1. The number of β-lactam (4-membered cyclic amide) rings is 1. The van der Waals surface area contributed by atoms with Gasteiger partial charge in [0.05, 0.1) is 7.11 Å². The predicted octanol–water partition coefficient (Wildman–Crippen LogP) is 10.0. The molecule has 1 saturated heterocycles. The largest absolute Gasteiger partial charge is 0.497 e. The van der Waals surface area contributed by atoms with Crippen LogP contribution in [0.15, 0.2) is 198 Å². The fourth-order valence-corrected chi connectivity index (χ4v) is 11.1. The molecule has 3 heterocycles. The molecule has 0 bridgehead atoms. The van der Waals surface area contributed by atoms with Crippen molar-refractivity contribution >= 4 is 69.3 Å². The highest BCUT2D eigenvalue weighted by molar-refractivity contribution is 8.00. The van der Waals surface area contributed by atoms with Crippen LogP contribution < -0.4 is 15.4 Å². The van der Waals surface area contributed by atoms with Crippen molar-refractivity contribution in [3.8, 4) is 5.75 Å². The van der Waals surface area contributed by atoms with Gasteiger partial charge >= 0.3 is 11.9 Å². The molecule has 370 valence electrons. The Morgan fingerprint density at radius 1 is 0.795 bits per heavy atom. The van der Waals surface area contributed by atoms with Gasteiger partial charge in [-0.05, 0) is 57.5 Å². The van der Waals surface area contributed by atoms with Gasteiger partial charge in [0.2, 0.25) is 6.10 Å². The van der Waals surface area contributed by atoms with Gasteiger partial charge in [-0.25, -0.2) is 14.6 Å². The summed E-state index contributed by atoms with van der Waals surface area (Å²) in [7, 11) is 1.56. The first-order valence-electron chi connectivity index (χ1n) is 23.5. The SMILES string of the molecule is CC[C@@H](O/N=C(\C(=O)NC1C(=O)N2C(C(=O)OCc3ccc(OC)cc3)=C(CCl)CS[C@H]12)c1csc(NC(c2ccccc2)(c2ccccc2)c2ccccc2)n1)C(=O)OC(c1ccccc1)c1ccccc1. The lowest BCUT2D eigenvalue weighted by molar-refractivity contribution is -0.161. The minimum atomic E-state index is -1.25. The molecule has 3 atom stereocenters. The number of fused-ring (bicyclic) bond motifs is 1. The van der Waals surface area contributed by atoms with Gasteiger partial charge in [-0.3, -0.25) is 14.5 Å². The van der Waals surface area contributed by atoms with Gasteiger partial charge < -0.3 is 29.7 Å². The van der Waals surface area contributed by atoms with Gasteiger partial charge in [0.1, 0.15) is 40.7 Å². The summed E-state index contributed by atoms with van der Waals surface area (Å²) in [5.41, 5.74) is 4.44. The number of ether oxygens (including phenoxy) is 3. The minimum Gasteiger partial charge on any atom is -0.497 e. The van der Waals surface area contributed by atoms with E-state index in [1.54, 1.807) is 43.7 Å². The summed E-state index contributed by atoms with van der Waals surface area (Å²) in [4.78, 5) is 69.0. The van der Waals surface area contributed by atoms with Crippen LogP contribution in [0.1, 0.15) is 58.5 Å². The van der Waals surface area contributed by atoms with Crippen molar-refractivity contribution in [2.75, 3.05) is 24.1 Å². The first-order chi connectivity index (χ1) is 35.7. The summed E-state index contributed by atoms with van der Waals surface area (Å²) >= 11 is 8.93. The number of hydrogen-bond acceptors (Lipinski definition) is 13. The van der Waals surface area contributed by atoms with Crippen LogP contribution in [0.3, 0.4) is 0 Å². The predicted molar refractivity (Wildman–Crippen MR) is 283 cm³/mol. The van der Waals surface area contributed by atoms with Crippen molar-refractivity contribution < 1.29 is 38.2 Å². The van der Waals surface area contributed by atoms with Crippen LogP contribution in [0.2, 0.25) is 0 Å². The molecule has 73 heavy (non-hydrogen) atoms. The molecule has 0 saturated carbocycles. The number of esters is 2. The highest BCUT2D eigenvalue weighted by Crippen LogP contribution is 2.43. The second-order valence-corrected chi connectivity index (χ2v) is 19.2. The van der Waals surface area contributed by atoms with Crippen molar-refractivity contribution in [3.63, 3.8) is 0 Å². The Balaban J connectivity index is 1.02. The van der Waals surface area contributed by atoms with E-state index in [-0.39, 0.29) is 36.0 Å². The molecule has 13 nitrogen and oxygen atoms in total. The van der Waals surface area contributed by atoms with Gasteiger partial charge in [-0.2, -0.15) is 0 Å². The minimum absolute atomic E-state index is 0.0135. The smallest absolute Gasteiger partial charge is 0.355 e. The average Bonchev–Trinajstić information content (AvgIpc) is 3.92. The van der Waals surface area contributed by atoms with Crippen LogP contribution in [0.25, 0.3) is 0 Å². The lowest BCUT2D eigenvalue weighted by Gasteiger charge is -2.49. The second kappa shape index (κ2) is 23.2. The molecule has 0 aliphatic carbocycles. The number of carbonyl (C=O) groups is 4. The molecule has 2 aliphatic heterocycles. The van der Waals surface area contributed by atoms with Crippen LogP contribution in [-0.4, -0.2) is 75.6 Å². The molecule has 2 aliphatic rings. The Labute approximate surface area is 436 Å². The molecule has 1 unspecified atom stereocenters. The average molecular weight is 1030 g/mol. The molecule has 1 aromatic heterocycles. The fraction of sp³-hybridized carbons (Fsp3) is 0.193. The maximum absolute atomic E-state index is 14.8. The van der Waals surface area contributed by atoms with Crippen molar-refractivity contribution in [3.05, 3.63) is 232 Å². The number of methoxy groups -OCH3 is 1. The van der Waals surface area contributed by atoms with Crippen molar-refractivity contribution in [2.45, 2.75) is 49.1 Å². The standard InChI is InChI=1S/C57H50ClN5O8S2/c1-3-46(54(66)70-50(38-19-9-4-10-20-38)39-21-11-5-12-22-39)71-62-47(45-36-73-56(59-45)61-57(41-23-13-6-14-24-41,42-25-15-7-16-26-42)43-27-17-8-18-28-43)51(64)60-48-52(65)63-49(40(33-58)35-72-53(48)63)55(67)69-34-37-29-31-44(68-2)32-30-37/h4-32,36,46,48,50,53H,3,33-35H2,1-2H3,(H,59,61)(H,60,64)/b62-47-/t46-,48?,53-/m1/s1. The number of carbonyl (C=O) groups excluding carboxylic acids is 4. The number of alkyl halides is 1. The van der Waals surface area contributed by atoms with Gasteiger partial charge in [-0.15, -0.1) is 34.7 Å². The first-order valence-corrected chi connectivity index (χ1v) is 26.0. The molecule has 9 rings (SSSR count). The van der Waals surface area contributed by atoms with E-state index in [2.05, 4.69) is 15.8 Å². The Hall–Kier alpha value is -7.72. The summed E-state index contributed by atoms with van der Waals surface area (Å²) < 4.78 is 17.1. The van der Waals surface area contributed by atoms with E-state index in [0.29, 0.717) is 22.2 Å². The molecule has 1 fully saturated rings. The van der Waals surface area contributed by atoms with Crippen LogP contribution in [0.4, 0.5) is 5.13 Å². The Kier molecular flexibility index (Phi) is 16.0. The molecule has 0 spiro atoms. The third kappa shape index (κ3) is 10.9. The Morgan fingerprint density at radius 3 is 1.86 bits per heavy atom. The number of nitrogens with zero attached hydrogens (tertiary/aromatic N) is 3. The highest BCUT2D eigenvalue weighted by atomic mass is 35.5. The maximum Gasteiger partial charge on any atom is 0.355 e. The van der Waals surface area contributed by atoms with Crippen LogP contribution in [-0.2, 0) is 45.6 Å². The number of nitrogens with one attached hydrogen (secondary N) is 2. The molecule has 16 heteroatoms. The van der Waals surface area contributed by atoms with Crippen molar-refractivity contribution in [1.29, 1.82) is 0 Å². The van der Waals surface area contributed by atoms with Crippen molar-refractivity contribution in [2.24, 2.45) is 5.16 Å². The third-order valence-corrected chi connectivity index (χ3v) is 14.9. The molecular weight excluding hydrogens is 982 g/mol. The summed E-state index contributed by atoms with van der Waals surface area (Å²) in [6.45, 7) is 1.69. The molecule has 2 N–H and O–H groups in total. The van der Waals surface area contributed by atoms with Crippen molar-refractivity contribution in [1.82, 2.24) is 15.2 Å². The third-order valence-electron chi connectivity index (χ3n) is 12.4. The number of benzene rings is 6. The maximum atomic E-state index is 14.8. The molecular formula is C57H50ClN5O8S2. The number of thioether (sulfide) groups is 1.